The molecule has 0 fully saturated rings. The molecule has 1 rings (SSSR count). The fourth-order valence-electron chi connectivity index (χ4n) is 1.32. The third kappa shape index (κ3) is 1.38. The predicted molar refractivity (Wildman–Crippen MR) is 56.2 cm³/mol. The van der Waals surface area contributed by atoms with Crippen LogP contribution < -0.4 is 0 Å². The Labute approximate surface area is 84.2 Å². The van der Waals surface area contributed by atoms with Crippen molar-refractivity contribution in [2.75, 3.05) is 0 Å². The second-order valence-corrected chi connectivity index (χ2v) is 3.95. The summed E-state index contributed by atoms with van der Waals surface area (Å²) >= 11 is 12.1. The smallest absolute Gasteiger partial charge is 0.220 e. The van der Waals surface area contributed by atoms with Crippen LogP contribution >= 0.6 is 23.4 Å². The van der Waals surface area contributed by atoms with Crippen LogP contribution in [0.2, 0.25) is 6.82 Å². The molecule has 0 saturated carbocycles. The van der Waals surface area contributed by atoms with Crippen molar-refractivity contribution in [3.63, 3.8) is 0 Å². The van der Waals surface area contributed by atoms with E-state index in [-0.39, 0.29) is 0 Å². The SMILES string of the molecule is CB1C(C)=C(C)N(Cl)C(C)=C1Cl. The Morgan fingerprint density at radius 1 is 1.17 bits per heavy atom. The second kappa shape index (κ2) is 3.35. The van der Waals surface area contributed by atoms with Gasteiger partial charge in [-0.25, -0.2) is 0 Å². The van der Waals surface area contributed by atoms with E-state index < -0.39 is 0 Å². The lowest BCUT2D eigenvalue weighted by molar-refractivity contribution is 0.671. The molecular weight excluding hydrogens is 192 g/mol. The second-order valence-electron chi connectivity index (χ2n) is 3.20. The average molecular weight is 204 g/mol. The number of hydrogen-bond donors (Lipinski definition) is 0. The summed E-state index contributed by atoms with van der Waals surface area (Å²) in [5.74, 6) is 0. The van der Waals surface area contributed by atoms with Crippen LogP contribution in [0.5, 0.6) is 0 Å². The van der Waals surface area contributed by atoms with Gasteiger partial charge in [-0.05, 0) is 20.8 Å². The Morgan fingerprint density at radius 2 is 1.67 bits per heavy atom. The molecule has 0 atom stereocenters. The van der Waals surface area contributed by atoms with Crippen molar-refractivity contribution in [2.45, 2.75) is 27.6 Å². The minimum atomic E-state index is 0.307. The van der Waals surface area contributed by atoms with E-state index in [0.717, 1.165) is 16.3 Å². The quantitative estimate of drug-likeness (QED) is 0.431. The molecule has 0 N–H and O–H groups in total. The van der Waals surface area contributed by atoms with E-state index in [1.807, 2.05) is 13.8 Å². The fourth-order valence-corrected chi connectivity index (χ4v) is 1.83. The Bertz CT molecular complexity index is 218. The highest BCUT2D eigenvalue weighted by Gasteiger charge is 2.26. The summed E-state index contributed by atoms with van der Waals surface area (Å²) in [4.78, 5) is 0.841. The van der Waals surface area contributed by atoms with E-state index in [0.29, 0.717) is 6.71 Å². The van der Waals surface area contributed by atoms with Crippen LogP contribution in [0.3, 0.4) is 0 Å². The third-order valence-corrected chi connectivity index (χ3v) is 3.64. The number of rotatable bonds is 0. The molecule has 0 aliphatic carbocycles. The first-order chi connectivity index (χ1) is 5.46. The van der Waals surface area contributed by atoms with Crippen LogP contribution in [-0.4, -0.2) is 11.1 Å². The summed E-state index contributed by atoms with van der Waals surface area (Å²) in [7, 11) is 0. The standard InChI is InChI=1S/C8H12BCl2N/c1-5-6(2)12(11)7(3)8(10)9(5)4/h1-4H3. The highest BCUT2D eigenvalue weighted by atomic mass is 35.5. The minimum absolute atomic E-state index is 0.307. The highest BCUT2D eigenvalue weighted by Crippen LogP contribution is 2.32. The molecule has 0 bridgehead atoms. The molecule has 1 nitrogen and oxygen atoms in total. The third-order valence-electron chi connectivity index (χ3n) is 2.53. The van der Waals surface area contributed by atoms with Gasteiger partial charge in [0.15, 0.2) is 0 Å². The van der Waals surface area contributed by atoms with Crippen molar-refractivity contribution in [1.82, 2.24) is 4.42 Å². The molecule has 4 heteroatoms. The summed E-state index contributed by atoms with van der Waals surface area (Å²) in [5, 5.41) is 0. The maximum absolute atomic E-state index is 6.09. The van der Waals surface area contributed by atoms with Gasteiger partial charge in [-0.3, -0.25) is 4.42 Å². The van der Waals surface area contributed by atoms with Gasteiger partial charge in [0.1, 0.15) is 0 Å². The zero-order chi connectivity index (χ0) is 9.46. The van der Waals surface area contributed by atoms with Gasteiger partial charge < -0.3 is 0 Å². The molecule has 0 amide bonds. The zero-order valence-corrected chi connectivity index (χ0v) is 9.29. The topological polar surface area (TPSA) is 3.24 Å². The molecule has 0 aromatic rings. The summed E-state index contributed by atoms with van der Waals surface area (Å²) in [5.41, 5.74) is 3.26. The Kier molecular flexibility index (Phi) is 2.79. The Morgan fingerprint density at radius 3 is 2.17 bits per heavy atom. The van der Waals surface area contributed by atoms with Crippen molar-refractivity contribution in [3.05, 3.63) is 21.8 Å². The molecule has 1 heterocycles. The largest absolute Gasteiger partial charge is 0.263 e. The van der Waals surface area contributed by atoms with Gasteiger partial charge in [0, 0.05) is 28.1 Å². The first kappa shape index (κ1) is 10.0. The monoisotopic (exact) mass is 203 g/mol. The van der Waals surface area contributed by atoms with Gasteiger partial charge >= 0.3 is 0 Å². The molecule has 12 heavy (non-hydrogen) atoms. The molecule has 66 valence electrons. The lowest BCUT2D eigenvalue weighted by Gasteiger charge is -2.28. The molecule has 0 spiro atoms. The van der Waals surface area contributed by atoms with Crippen molar-refractivity contribution in [2.24, 2.45) is 0 Å². The molecule has 1 aliphatic heterocycles. The molecule has 0 unspecified atom stereocenters. The lowest BCUT2D eigenvalue weighted by Crippen LogP contribution is -2.25. The predicted octanol–water partition coefficient (Wildman–Crippen LogP) is 3.42. The maximum Gasteiger partial charge on any atom is 0.220 e. The summed E-state index contributed by atoms with van der Waals surface area (Å²) in [6.45, 7) is 8.40. The van der Waals surface area contributed by atoms with E-state index in [1.165, 1.54) is 5.47 Å². The van der Waals surface area contributed by atoms with Crippen LogP contribution in [0.15, 0.2) is 21.8 Å². The molecule has 0 radical (unpaired) electrons. The number of allylic oxidation sites excluding steroid dienone is 3. The van der Waals surface area contributed by atoms with Gasteiger partial charge in [-0.15, -0.1) is 0 Å². The van der Waals surface area contributed by atoms with E-state index in [4.69, 9.17) is 23.4 Å². The summed E-state index contributed by atoms with van der Waals surface area (Å²) in [6, 6.07) is 0. The number of hydrogen-bond acceptors (Lipinski definition) is 1. The lowest BCUT2D eigenvalue weighted by atomic mass is 9.45. The van der Waals surface area contributed by atoms with Crippen LogP contribution in [0.25, 0.3) is 0 Å². The number of halogens is 2. The molecule has 0 aromatic carbocycles. The van der Waals surface area contributed by atoms with E-state index in [1.54, 1.807) is 4.42 Å². The van der Waals surface area contributed by atoms with Crippen LogP contribution in [0.4, 0.5) is 0 Å². The van der Waals surface area contributed by atoms with Gasteiger partial charge in [0.25, 0.3) is 0 Å². The maximum atomic E-state index is 6.09. The Hall–Kier alpha value is -0.0751. The number of nitrogens with zero attached hydrogens (tertiary/aromatic N) is 1. The molecule has 1 aliphatic rings. The van der Waals surface area contributed by atoms with Crippen molar-refractivity contribution in [3.8, 4) is 0 Å². The van der Waals surface area contributed by atoms with Gasteiger partial charge in [-0.1, -0.05) is 23.9 Å². The normalized spacial score (nSPS) is 19.5. The van der Waals surface area contributed by atoms with Gasteiger partial charge in [-0.2, -0.15) is 0 Å². The van der Waals surface area contributed by atoms with Crippen molar-refractivity contribution in [1.29, 1.82) is 0 Å². The van der Waals surface area contributed by atoms with Crippen molar-refractivity contribution < 1.29 is 0 Å². The molecular formula is C8H12BCl2N. The van der Waals surface area contributed by atoms with E-state index in [9.17, 15) is 0 Å². The first-order valence-electron chi connectivity index (χ1n) is 3.96. The van der Waals surface area contributed by atoms with E-state index >= 15 is 0 Å². The molecule has 0 aromatic heterocycles. The zero-order valence-electron chi connectivity index (χ0n) is 7.78. The summed E-state index contributed by atoms with van der Waals surface area (Å²) in [6.07, 6.45) is 0. The van der Waals surface area contributed by atoms with E-state index in [2.05, 4.69) is 13.7 Å². The van der Waals surface area contributed by atoms with Crippen LogP contribution in [0.1, 0.15) is 20.8 Å². The van der Waals surface area contributed by atoms with Crippen molar-refractivity contribution >= 4 is 30.1 Å². The minimum Gasteiger partial charge on any atom is -0.263 e. The van der Waals surface area contributed by atoms with Gasteiger partial charge in [0.2, 0.25) is 6.71 Å². The fraction of sp³-hybridized carbons (Fsp3) is 0.500. The summed E-state index contributed by atoms with van der Waals surface area (Å²) < 4.78 is 1.62. The van der Waals surface area contributed by atoms with Crippen LogP contribution in [0, 0.1) is 0 Å². The first-order valence-corrected chi connectivity index (χ1v) is 4.68. The Balaban J connectivity index is 3.13. The average Bonchev–Trinajstić information content (AvgIpc) is 2.08. The van der Waals surface area contributed by atoms with Gasteiger partial charge in [0.05, 0.1) is 0 Å². The highest BCUT2D eigenvalue weighted by molar-refractivity contribution is 6.83. The van der Waals surface area contributed by atoms with Crippen LogP contribution in [-0.2, 0) is 0 Å². The molecule has 0 saturated heterocycles.